The van der Waals surface area contributed by atoms with E-state index in [2.05, 4.69) is 5.32 Å². The summed E-state index contributed by atoms with van der Waals surface area (Å²) < 4.78 is 16.5. The van der Waals surface area contributed by atoms with Crippen LogP contribution in [0.15, 0.2) is 45.6 Å². The molecule has 3 rings (SSSR count). The molecule has 3 aromatic rings. The number of phenols is 2. The Balaban J connectivity index is 1.55. The number of amides is 1. The highest BCUT2D eigenvalue weighted by molar-refractivity contribution is 5.89. The van der Waals surface area contributed by atoms with Crippen molar-refractivity contribution in [2.75, 3.05) is 13.7 Å². The van der Waals surface area contributed by atoms with E-state index in [0.29, 0.717) is 48.4 Å². The fourth-order valence-electron chi connectivity index (χ4n) is 4.42. The van der Waals surface area contributed by atoms with Gasteiger partial charge in [-0.05, 0) is 57.7 Å². The predicted octanol–water partition coefficient (Wildman–Crippen LogP) is 5.61. The lowest BCUT2D eigenvalue weighted by Crippen LogP contribution is -2.24. The molecule has 9 nitrogen and oxygen atoms in total. The Labute approximate surface area is 234 Å². The Morgan fingerprint density at radius 2 is 1.65 bits per heavy atom. The first-order chi connectivity index (χ1) is 19.0. The lowest BCUT2D eigenvalue weighted by atomic mass is 9.99. The number of methoxy groups -OCH3 is 1. The van der Waals surface area contributed by atoms with Gasteiger partial charge in [0.05, 0.1) is 12.7 Å². The molecule has 40 heavy (non-hydrogen) atoms. The van der Waals surface area contributed by atoms with Gasteiger partial charge in [-0.1, -0.05) is 25.0 Å². The van der Waals surface area contributed by atoms with Crippen LogP contribution in [-0.4, -0.2) is 41.3 Å². The number of esters is 1. The van der Waals surface area contributed by atoms with Gasteiger partial charge in [-0.25, -0.2) is 0 Å². The molecular weight excluding hydrogens is 514 g/mol. The van der Waals surface area contributed by atoms with Gasteiger partial charge in [-0.2, -0.15) is 0 Å². The zero-order valence-electron chi connectivity index (χ0n) is 23.7. The van der Waals surface area contributed by atoms with Gasteiger partial charge < -0.3 is 29.4 Å². The largest absolute Gasteiger partial charge is 0.508 e. The standard InChI is InChI=1S/C31H39NO8/c1-31(2,3)40-27(36)12-7-5-6-8-17-32-26(35)11-9-10-24-28(20-13-15-22(38-4)16-14-20)30(37)29-23(34)18-21(33)19-25(29)39-24/h13-16,18-19,33-34H,5-12,17H2,1-4H3,(H,32,35). The number of hydrogen-bond donors (Lipinski definition) is 3. The first-order valence-corrected chi connectivity index (χ1v) is 13.6. The number of aromatic hydroxyl groups is 2. The van der Waals surface area contributed by atoms with E-state index < -0.39 is 11.0 Å². The number of phenolic OH excluding ortho intramolecular Hbond substituents is 2. The Kier molecular flexibility index (Phi) is 10.6. The molecule has 0 aliphatic rings. The van der Waals surface area contributed by atoms with Gasteiger partial charge in [0.2, 0.25) is 11.3 Å². The number of ether oxygens (including phenoxy) is 2. The molecule has 0 aliphatic heterocycles. The number of hydrogen-bond acceptors (Lipinski definition) is 8. The number of nitrogens with one attached hydrogen (secondary N) is 1. The van der Waals surface area contributed by atoms with Crippen LogP contribution in [0.5, 0.6) is 17.2 Å². The van der Waals surface area contributed by atoms with Crippen LogP contribution in [0.25, 0.3) is 22.1 Å². The number of benzene rings is 2. The van der Waals surface area contributed by atoms with Crippen LogP contribution in [0.3, 0.4) is 0 Å². The minimum atomic E-state index is -0.468. The lowest BCUT2D eigenvalue weighted by molar-refractivity contribution is -0.154. The van der Waals surface area contributed by atoms with Gasteiger partial charge in [-0.3, -0.25) is 14.4 Å². The van der Waals surface area contributed by atoms with Crippen LogP contribution in [0.4, 0.5) is 0 Å². The molecule has 0 spiro atoms. The molecule has 1 amide bonds. The van der Waals surface area contributed by atoms with Gasteiger partial charge >= 0.3 is 5.97 Å². The maximum atomic E-state index is 13.4. The number of unbranched alkanes of at least 4 members (excludes halogenated alkanes) is 3. The van der Waals surface area contributed by atoms with E-state index in [0.717, 1.165) is 31.7 Å². The first-order valence-electron chi connectivity index (χ1n) is 13.6. The summed E-state index contributed by atoms with van der Waals surface area (Å²) in [6.07, 6.45) is 4.73. The van der Waals surface area contributed by atoms with Crippen molar-refractivity contribution in [1.82, 2.24) is 5.32 Å². The van der Waals surface area contributed by atoms with Crippen molar-refractivity contribution in [2.24, 2.45) is 0 Å². The summed E-state index contributed by atoms with van der Waals surface area (Å²) in [4.78, 5) is 37.6. The minimum absolute atomic E-state index is 0.0174. The van der Waals surface area contributed by atoms with Crippen molar-refractivity contribution >= 4 is 22.8 Å². The summed E-state index contributed by atoms with van der Waals surface area (Å²) >= 11 is 0. The summed E-state index contributed by atoms with van der Waals surface area (Å²) in [5, 5.41) is 23.1. The highest BCUT2D eigenvalue weighted by Crippen LogP contribution is 2.33. The lowest BCUT2D eigenvalue weighted by Gasteiger charge is -2.19. The molecule has 0 radical (unpaired) electrons. The normalized spacial score (nSPS) is 11.4. The van der Waals surface area contributed by atoms with Crippen molar-refractivity contribution in [3.8, 4) is 28.4 Å². The highest BCUT2D eigenvalue weighted by Gasteiger charge is 2.20. The maximum absolute atomic E-state index is 13.4. The number of rotatable bonds is 13. The first kappa shape index (κ1) is 30.5. The molecule has 1 heterocycles. The quantitative estimate of drug-likeness (QED) is 0.184. The third-order valence-corrected chi connectivity index (χ3v) is 6.27. The number of aryl methyl sites for hydroxylation is 1. The topological polar surface area (TPSA) is 135 Å². The zero-order chi connectivity index (χ0) is 29.3. The van der Waals surface area contributed by atoms with Crippen LogP contribution in [0.2, 0.25) is 0 Å². The van der Waals surface area contributed by atoms with Crippen LogP contribution < -0.4 is 15.5 Å². The van der Waals surface area contributed by atoms with Gasteiger partial charge in [-0.15, -0.1) is 0 Å². The van der Waals surface area contributed by atoms with E-state index in [-0.39, 0.29) is 40.8 Å². The van der Waals surface area contributed by atoms with Crippen LogP contribution in [0.1, 0.15) is 71.5 Å². The number of carbonyl (C=O) groups is 2. The molecule has 0 aliphatic carbocycles. The van der Waals surface area contributed by atoms with E-state index >= 15 is 0 Å². The minimum Gasteiger partial charge on any atom is -0.508 e. The molecule has 1 aromatic heterocycles. The number of carbonyl (C=O) groups excluding carboxylic acids is 2. The average molecular weight is 554 g/mol. The van der Waals surface area contributed by atoms with Gasteiger partial charge in [0.15, 0.2) is 0 Å². The summed E-state index contributed by atoms with van der Waals surface area (Å²) in [6.45, 7) is 6.10. The van der Waals surface area contributed by atoms with E-state index in [1.165, 1.54) is 6.07 Å². The fourth-order valence-corrected chi connectivity index (χ4v) is 4.42. The molecule has 0 bridgehead atoms. The second-order valence-electron chi connectivity index (χ2n) is 10.8. The molecule has 2 aromatic carbocycles. The molecular formula is C31H39NO8. The average Bonchev–Trinajstić information content (AvgIpc) is 2.87. The van der Waals surface area contributed by atoms with Gasteiger partial charge in [0.25, 0.3) is 0 Å². The molecule has 0 atom stereocenters. The van der Waals surface area contributed by atoms with E-state index in [4.69, 9.17) is 13.9 Å². The molecule has 0 unspecified atom stereocenters. The summed E-state index contributed by atoms with van der Waals surface area (Å²) in [5.74, 6) is 0.119. The summed E-state index contributed by atoms with van der Waals surface area (Å²) in [5.41, 5.74) is 0.0726. The third-order valence-electron chi connectivity index (χ3n) is 6.27. The second kappa shape index (κ2) is 13.9. The third kappa shape index (κ3) is 8.76. The molecule has 216 valence electrons. The molecule has 0 saturated carbocycles. The molecule has 0 saturated heterocycles. The highest BCUT2D eigenvalue weighted by atomic mass is 16.6. The van der Waals surface area contributed by atoms with Crippen molar-refractivity contribution < 1.29 is 33.7 Å². The van der Waals surface area contributed by atoms with Crippen molar-refractivity contribution in [2.45, 2.75) is 77.7 Å². The zero-order valence-corrected chi connectivity index (χ0v) is 23.7. The molecule has 0 fully saturated rings. The van der Waals surface area contributed by atoms with Crippen LogP contribution in [-0.2, 0) is 20.7 Å². The smallest absolute Gasteiger partial charge is 0.306 e. The Bertz CT molecular complexity index is 1370. The monoisotopic (exact) mass is 553 g/mol. The Morgan fingerprint density at radius 3 is 2.33 bits per heavy atom. The second-order valence-corrected chi connectivity index (χ2v) is 10.8. The van der Waals surface area contributed by atoms with Crippen LogP contribution in [0, 0.1) is 0 Å². The molecule has 9 heteroatoms. The maximum Gasteiger partial charge on any atom is 0.306 e. The molecule has 3 N–H and O–H groups in total. The van der Waals surface area contributed by atoms with E-state index in [1.54, 1.807) is 31.4 Å². The van der Waals surface area contributed by atoms with E-state index in [9.17, 15) is 24.6 Å². The van der Waals surface area contributed by atoms with Crippen molar-refractivity contribution in [3.63, 3.8) is 0 Å². The van der Waals surface area contributed by atoms with Gasteiger partial charge in [0, 0.05) is 37.9 Å². The Morgan fingerprint density at radius 1 is 0.950 bits per heavy atom. The Hall–Kier alpha value is -4.01. The summed E-state index contributed by atoms with van der Waals surface area (Å²) in [6, 6.07) is 9.31. The van der Waals surface area contributed by atoms with Crippen molar-refractivity contribution in [1.29, 1.82) is 0 Å². The SMILES string of the molecule is COc1ccc(-c2c(CCCC(=O)NCCCCCCC(=O)OC(C)(C)C)oc3cc(O)cc(O)c3c2=O)cc1. The van der Waals surface area contributed by atoms with Crippen molar-refractivity contribution in [3.05, 3.63) is 52.4 Å². The van der Waals surface area contributed by atoms with Crippen LogP contribution >= 0.6 is 0 Å². The summed E-state index contributed by atoms with van der Waals surface area (Å²) in [7, 11) is 1.55. The fraction of sp³-hybridized carbons (Fsp3) is 0.452. The van der Waals surface area contributed by atoms with E-state index in [1.807, 2.05) is 20.8 Å². The van der Waals surface area contributed by atoms with Gasteiger partial charge in [0.1, 0.15) is 39.6 Å². The predicted molar refractivity (Wildman–Crippen MR) is 153 cm³/mol. The number of fused-ring (bicyclic) bond motifs is 1.